The molecule has 0 unspecified atom stereocenters. The molecule has 1 saturated heterocycles. The molecule has 2 aromatic carbocycles. The van der Waals surface area contributed by atoms with Gasteiger partial charge in [0.1, 0.15) is 5.75 Å². The summed E-state index contributed by atoms with van der Waals surface area (Å²) in [6.07, 6.45) is 0.449. The minimum Gasteiger partial charge on any atom is -0.467 e. The summed E-state index contributed by atoms with van der Waals surface area (Å²) in [5, 5.41) is 3.43. The van der Waals surface area contributed by atoms with Crippen molar-refractivity contribution in [2.45, 2.75) is 25.1 Å². The Kier molecular flexibility index (Phi) is 3.22. The number of urea groups is 1. The molecule has 1 fully saturated rings. The number of halogens is 3. The third kappa shape index (κ3) is 2.21. The molecule has 2 bridgehead atoms. The molecule has 0 aliphatic carbocycles. The van der Waals surface area contributed by atoms with E-state index in [-0.39, 0.29) is 11.7 Å². The maximum absolute atomic E-state index is 13.6. The standard InChI is InChI=1S/C17H13ClF2N2O2/c1-17-8-14(11-6-9(18)2-5-15(11)24-17)21-16(23)22(17)10-3-4-12(19)13(20)7-10/h2-7,14H,8H2,1H3,(H,21,23)/t14-,17-/m0/s1. The number of rotatable bonds is 1. The van der Waals surface area contributed by atoms with E-state index in [1.165, 1.54) is 11.0 Å². The fraction of sp³-hybridized carbons (Fsp3) is 0.235. The predicted molar refractivity (Wildman–Crippen MR) is 85.2 cm³/mol. The van der Waals surface area contributed by atoms with Crippen molar-refractivity contribution in [1.29, 1.82) is 0 Å². The van der Waals surface area contributed by atoms with Gasteiger partial charge in [-0.1, -0.05) is 11.6 Å². The summed E-state index contributed by atoms with van der Waals surface area (Å²) in [4.78, 5) is 13.9. The fourth-order valence-corrected chi connectivity index (χ4v) is 3.54. The largest absolute Gasteiger partial charge is 0.467 e. The van der Waals surface area contributed by atoms with Crippen LogP contribution in [0.25, 0.3) is 0 Å². The molecule has 0 saturated carbocycles. The molecule has 2 atom stereocenters. The molecule has 4 rings (SSSR count). The monoisotopic (exact) mass is 350 g/mol. The molecular formula is C17H13ClF2N2O2. The summed E-state index contributed by atoms with van der Waals surface area (Å²) in [5.74, 6) is -1.39. The van der Waals surface area contributed by atoms with Crippen LogP contribution in [-0.2, 0) is 0 Å². The minimum absolute atomic E-state index is 0.227. The van der Waals surface area contributed by atoms with Crippen LogP contribution in [0.15, 0.2) is 36.4 Å². The van der Waals surface area contributed by atoms with Gasteiger partial charge in [-0.15, -0.1) is 0 Å². The number of carbonyl (C=O) groups is 1. The van der Waals surface area contributed by atoms with Crippen molar-refractivity contribution < 1.29 is 18.3 Å². The third-order valence-electron chi connectivity index (χ3n) is 4.40. The molecule has 0 aromatic heterocycles. The van der Waals surface area contributed by atoms with Crippen LogP contribution in [0, 0.1) is 11.6 Å². The Balaban J connectivity index is 1.80. The molecule has 4 nitrogen and oxygen atoms in total. The highest BCUT2D eigenvalue weighted by molar-refractivity contribution is 6.30. The van der Waals surface area contributed by atoms with E-state index in [2.05, 4.69) is 5.32 Å². The van der Waals surface area contributed by atoms with E-state index in [9.17, 15) is 13.6 Å². The average Bonchev–Trinajstić information content (AvgIpc) is 2.51. The van der Waals surface area contributed by atoms with Gasteiger partial charge in [0.25, 0.3) is 0 Å². The summed E-state index contributed by atoms with van der Waals surface area (Å²) < 4.78 is 32.9. The molecule has 1 N–H and O–H groups in total. The van der Waals surface area contributed by atoms with E-state index in [0.29, 0.717) is 17.2 Å². The molecule has 124 valence electrons. The lowest BCUT2D eigenvalue weighted by molar-refractivity contribution is 0.0378. The number of nitrogens with zero attached hydrogens (tertiary/aromatic N) is 1. The summed E-state index contributed by atoms with van der Waals surface area (Å²) >= 11 is 6.03. The number of hydrogen-bond acceptors (Lipinski definition) is 2. The molecule has 0 spiro atoms. The van der Waals surface area contributed by atoms with Crippen molar-refractivity contribution in [2.24, 2.45) is 0 Å². The number of nitrogens with one attached hydrogen (secondary N) is 1. The normalized spacial score (nSPS) is 24.9. The van der Waals surface area contributed by atoms with Crippen LogP contribution in [0.5, 0.6) is 5.75 Å². The number of amides is 2. The molecule has 7 heteroatoms. The Hall–Kier alpha value is -2.34. The second-order valence-corrected chi connectivity index (χ2v) is 6.54. The number of fused-ring (bicyclic) bond motifs is 4. The molecular weight excluding hydrogens is 338 g/mol. The number of benzene rings is 2. The second-order valence-electron chi connectivity index (χ2n) is 6.10. The Bertz CT molecular complexity index is 860. The quantitative estimate of drug-likeness (QED) is 0.828. The van der Waals surface area contributed by atoms with Gasteiger partial charge in [-0.3, -0.25) is 4.90 Å². The first-order chi connectivity index (χ1) is 11.4. The van der Waals surface area contributed by atoms with Crippen molar-refractivity contribution in [2.75, 3.05) is 4.90 Å². The van der Waals surface area contributed by atoms with Gasteiger partial charge in [0, 0.05) is 23.1 Å². The van der Waals surface area contributed by atoms with Gasteiger partial charge in [0.2, 0.25) is 0 Å². The molecule has 2 amide bonds. The summed E-state index contributed by atoms with van der Waals surface area (Å²) in [5.41, 5.74) is 0.0148. The molecule has 2 aromatic rings. The van der Waals surface area contributed by atoms with Crippen molar-refractivity contribution in [3.8, 4) is 5.75 Å². The van der Waals surface area contributed by atoms with Crippen molar-refractivity contribution in [3.05, 3.63) is 58.6 Å². The lowest BCUT2D eigenvalue weighted by Crippen LogP contribution is -2.65. The van der Waals surface area contributed by atoms with Crippen LogP contribution >= 0.6 is 11.6 Å². The molecule has 0 radical (unpaired) electrons. The van der Waals surface area contributed by atoms with Gasteiger partial charge >= 0.3 is 6.03 Å². The smallest absolute Gasteiger partial charge is 0.325 e. The number of anilines is 1. The zero-order valence-electron chi connectivity index (χ0n) is 12.6. The van der Waals surface area contributed by atoms with Gasteiger partial charge in [-0.25, -0.2) is 13.6 Å². The van der Waals surface area contributed by atoms with Crippen molar-refractivity contribution in [1.82, 2.24) is 5.32 Å². The van der Waals surface area contributed by atoms with E-state index in [1.54, 1.807) is 25.1 Å². The number of ether oxygens (including phenoxy) is 1. The first-order valence-electron chi connectivity index (χ1n) is 7.42. The summed E-state index contributed by atoms with van der Waals surface area (Å²) in [6, 6.07) is 7.83. The third-order valence-corrected chi connectivity index (χ3v) is 4.63. The van der Waals surface area contributed by atoms with Crippen LogP contribution in [0.4, 0.5) is 19.3 Å². The topological polar surface area (TPSA) is 41.6 Å². The maximum atomic E-state index is 13.6. The lowest BCUT2D eigenvalue weighted by Gasteiger charge is -2.50. The Morgan fingerprint density at radius 2 is 2.04 bits per heavy atom. The summed E-state index contributed by atoms with van der Waals surface area (Å²) in [6.45, 7) is 1.75. The Morgan fingerprint density at radius 3 is 2.79 bits per heavy atom. The predicted octanol–water partition coefficient (Wildman–Crippen LogP) is 4.39. The van der Waals surface area contributed by atoms with Gasteiger partial charge in [0.15, 0.2) is 17.4 Å². The highest BCUT2D eigenvalue weighted by Crippen LogP contribution is 2.46. The number of carbonyl (C=O) groups excluding carboxylic acids is 1. The molecule has 2 aliphatic rings. The van der Waals surface area contributed by atoms with Crippen LogP contribution in [-0.4, -0.2) is 11.8 Å². The fourth-order valence-electron chi connectivity index (χ4n) is 3.36. The van der Waals surface area contributed by atoms with Crippen LogP contribution in [0.2, 0.25) is 5.02 Å². The number of hydrogen-bond donors (Lipinski definition) is 1. The first-order valence-corrected chi connectivity index (χ1v) is 7.79. The average molecular weight is 351 g/mol. The van der Waals surface area contributed by atoms with E-state index >= 15 is 0 Å². The highest BCUT2D eigenvalue weighted by Gasteiger charge is 2.50. The summed E-state index contributed by atoms with van der Waals surface area (Å²) in [7, 11) is 0. The second kappa shape index (κ2) is 5.08. The Labute approximate surface area is 142 Å². The van der Waals surface area contributed by atoms with E-state index in [1.807, 2.05) is 0 Å². The van der Waals surface area contributed by atoms with E-state index in [0.717, 1.165) is 17.7 Å². The van der Waals surface area contributed by atoms with Crippen LogP contribution < -0.4 is 15.0 Å². The van der Waals surface area contributed by atoms with Gasteiger partial charge in [0.05, 0.1) is 11.7 Å². The van der Waals surface area contributed by atoms with E-state index < -0.39 is 23.4 Å². The van der Waals surface area contributed by atoms with Crippen molar-refractivity contribution >= 4 is 23.3 Å². The highest BCUT2D eigenvalue weighted by atomic mass is 35.5. The van der Waals surface area contributed by atoms with E-state index in [4.69, 9.17) is 16.3 Å². The van der Waals surface area contributed by atoms with Gasteiger partial charge in [-0.2, -0.15) is 0 Å². The van der Waals surface area contributed by atoms with Crippen LogP contribution in [0.3, 0.4) is 0 Å². The van der Waals surface area contributed by atoms with Gasteiger partial charge in [-0.05, 0) is 37.3 Å². The SMILES string of the molecule is C[C@]12C[C@H](NC(=O)N1c1ccc(F)c(F)c1)c1cc(Cl)ccc1O2. The minimum atomic E-state index is -1.02. The molecule has 2 heterocycles. The van der Waals surface area contributed by atoms with Crippen LogP contribution in [0.1, 0.15) is 24.9 Å². The zero-order chi connectivity index (χ0) is 17.1. The molecule has 2 aliphatic heterocycles. The maximum Gasteiger partial charge on any atom is 0.325 e. The lowest BCUT2D eigenvalue weighted by atomic mass is 9.90. The zero-order valence-corrected chi connectivity index (χ0v) is 13.4. The first kappa shape index (κ1) is 15.2. The van der Waals surface area contributed by atoms with Crippen molar-refractivity contribution in [3.63, 3.8) is 0 Å². The van der Waals surface area contributed by atoms with Gasteiger partial charge < -0.3 is 10.1 Å². The Morgan fingerprint density at radius 1 is 1.25 bits per heavy atom. The molecule has 24 heavy (non-hydrogen) atoms.